The van der Waals surface area contributed by atoms with Crippen LogP contribution in [0, 0.1) is 46.3 Å². The zero-order valence-corrected chi connectivity index (χ0v) is 27.1. The molecule has 0 radical (unpaired) electrons. The van der Waals surface area contributed by atoms with Gasteiger partial charge in [-0.05, 0) is 149 Å². The van der Waals surface area contributed by atoms with Crippen molar-refractivity contribution in [2.24, 2.45) is 67.8 Å². The number of amidine groups is 2. The summed E-state index contributed by atoms with van der Waals surface area (Å²) < 4.78 is 0. The lowest BCUT2D eigenvalue weighted by atomic mass is 9.48. The first-order valence-electron chi connectivity index (χ1n) is 15.3. The molecule has 0 aliphatic heterocycles. The van der Waals surface area contributed by atoms with Gasteiger partial charge in [0, 0.05) is 13.1 Å². The average molecular weight is 622 g/mol. The molecule has 0 saturated heterocycles. The van der Waals surface area contributed by atoms with E-state index in [1.54, 1.807) is 21.6 Å². The van der Waals surface area contributed by atoms with E-state index >= 15 is 0 Å². The SMILES string of the molecule is Cl.Cl.NC(CSSCC(N)=NCCCC12CC3CC(CC(C3)C1)C2)=NCCCC12CC3CC(CC(C3)C1)C2.O. The molecule has 0 unspecified atom stereocenters. The van der Waals surface area contributed by atoms with Crippen LogP contribution in [0.2, 0.25) is 0 Å². The van der Waals surface area contributed by atoms with E-state index in [1.165, 1.54) is 103 Å². The van der Waals surface area contributed by atoms with Gasteiger partial charge in [0.25, 0.3) is 0 Å². The second-order valence-electron chi connectivity index (χ2n) is 14.3. The first-order valence-corrected chi connectivity index (χ1v) is 17.8. The van der Waals surface area contributed by atoms with Crippen molar-refractivity contribution in [1.82, 2.24) is 0 Å². The Morgan fingerprint density at radius 2 is 0.846 bits per heavy atom. The third-order valence-corrected chi connectivity index (χ3v) is 13.4. The molecule has 0 aromatic carbocycles. The minimum atomic E-state index is 0. The Balaban J connectivity index is 0.00000140. The fourth-order valence-corrected chi connectivity index (χ4v) is 12.7. The van der Waals surface area contributed by atoms with E-state index in [1.807, 2.05) is 0 Å². The Morgan fingerprint density at radius 3 is 1.13 bits per heavy atom. The van der Waals surface area contributed by atoms with Crippen molar-refractivity contribution >= 4 is 58.1 Å². The van der Waals surface area contributed by atoms with Crippen LogP contribution in [0.5, 0.6) is 0 Å². The Hall–Kier alpha value is 0.180. The second kappa shape index (κ2) is 14.6. The van der Waals surface area contributed by atoms with Gasteiger partial charge in [-0.15, -0.1) is 24.8 Å². The van der Waals surface area contributed by atoms with Crippen LogP contribution in [0.15, 0.2) is 9.98 Å². The molecule has 0 heterocycles. The summed E-state index contributed by atoms with van der Waals surface area (Å²) in [6.45, 7) is 1.82. The van der Waals surface area contributed by atoms with Gasteiger partial charge < -0.3 is 16.9 Å². The molecule has 8 aliphatic carbocycles. The number of hydrogen-bond acceptors (Lipinski definition) is 4. The van der Waals surface area contributed by atoms with Crippen LogP contribution in [0.25, 0.3) is 0 Å². The summed E-state index contributed by atoms with van der Waals surface area (Å²) in [4.78, 5) is 9.39. The number of aliphatic imine (C=N–C) groups is 2. The normalized spacial score (nSPS) is 39.7. The van der Waals surface area contributed by atoms with Crippen molar-refractivity contribution in [3.8, 4) is 0 Å². The number of hydrogen-bond donors (Lipinski definition) is 2. The number of nitrogens with two attached hydrogens (primary N) is 2. The quantitative estimate of drug-likeness (QED) is 0.0990. The molecule has 8 fully saturated rings. The third-order valence-electron chi connectivity index (χ3n) is 11.2. The van der Waals surface area contributed by atoms with Gasteiger partial charge in [-0.3, -0.25) is 9.98 Å². The summed E-state index contributed by atoms with van der Waals surface area (Å²) in [5, 5.41) is 0. The van der Waals surface area contributed by atoms with Gasteiger partial charge in [-0.25, -0.2) is 0 Å². The summed E-state index contributed by atoms with van der Waals surface area (Å²) in [6, 6.07) is 0. The van der Waals surface area contributed by atoms with Crippen LogP contribution >= 0.6 is 46.4 Å². The molecule has 0 atom stereocenters. The lowest BCUT2D eigenvalue weighted by Crippen LogP contribution is -2.46. The maximum absolute atomic E-state index is 6.21. The highest BCUT2D eigenvalue weighted by Gasteiger charge is 2.51. The standard InChI is InChI=1S/C30H50N4S2.2ClH.H2O/c31-27(33-5-1-3-29-13-21-7-22(14-29)9-23(8-21)15-29)19-35-36-20-28(32)34-6-2-4-30-16-24-10-25(17-30)12-26(11-24)18-30;;;/h21-26H,1-20H2,(H2,31,33)(H2,32,34);2*1H;1H2. The molecule has 226 valence electrons. The van der Waals surface area contributed by atoms with Crippen molar-refractivity contribution in [2.45, 2.75) is 103 Å². The van der Waals surface area contributed by atoms with Crippen LogP contribution in [0.3, 0.4) is 0 Å². The summed E-state index contributed by atoms with van der Waals surface area (Å²) in [6.07, 6.45) is 23.5. The highest BCUT2D eigenvalue weighted by atomic mass is 35.5. The molecule has 0 aromatic heterocycles. The van der Waals surface area contributed by atoms with Crippen molar-refractivity contribution in [2.75, 3.05) is 24.6 Å². The van der Waals surface area contributed by atoms with E-state index in [4.69, 9.17) is 21.5 Å². The highest BCUT2D eigenvalue weighted by molar-refractivity contribution is 8.77. The Morgan fingerprint density at radius 1 is 0.564 bits per heavy atom. The van der Waals surface area contributed by atoms with Crippen molar-refractivity contribution < 1.29 is 5.48 Å². The Kier molecular flexibility index (Phi) is 12.6. The Bertz CT molecular complexity index is 716. The van der Waals surface area contributed by atoms with Gasteiger partial charge in [-0.1, -0.05) is 21.6 Å². The maximum Gasteiger partial charge on any atom is 0.105 e. The summed E-state index contributed by atoms with van der Waals surface area (Å²) in [7, 11) is 3.55. The van der Waals surface area contributed by atoms with E-state index in [9.17, 15) is 0 Å². The first-order chi connectivity index (χ1) is 17.5. The van der Waals surface area contributed by atoms with E-state index in [2.05, 4.69) is 0 Å². The van der Waals surface area contributed by atoms with Gasteiger partial charge in [0.15, 0.2) is 0 Å². The topological polar surface area (TPSA) is 108 Å². The van der Waals surface area contributed by atoms with Gasteiger partial charge >= 0.3 is 0 Å². The Labute approximate surface area is 257 Å². The predicted molar refractivity (Wildman–Crippen MR) is 176 cm³/mol. The lowest BCUT2D eigenvalue weighted by Gasteiger charge is -2.57. The molecule has 8 aliphatic rings. The van der Waals surface area contributed by atoms with Crippen molar-refractivity contribution in [3.05, 3.63) is 0 Å². The smallest absolute Gasteiger partial charge is 0.105 e. The van der Waals surface area contributed by atoms with Gasteiger partial charge in [0.1, 0.15) is 11.7 Å². The average Bonchev–Trinajstić information content (AvgIpc) is 2.81. The van der Waals surface area contributed by atoms with Crippen molar-refractivity contribution in [3.63, 3.8) is 0 Å². The summed E-state index contributed by atoms with van der Waals surface area (Å²) >= 11 is 0. The molecule has 8 saturated carbocycles. The van der Waals surface area contributed by atoms with Crippen LogP contribution in [0.1, 0.15) is 103 Å². The molecule has 6 N–H and O–H groups in total. The summed E-state index contributed by atoms with van der Waals surface area (Å²) in [5.41, 5.74) is 13.8. The van der Waals surface area contributed by atoms with E-state index in [0.29, 0.717) is 10.8 Å². The second-order valence-corrected chi connectivity index (χ2v) is 16.8. The summed E-state index contributed by atoms with van der Waals surface area (Å²) in [5.74, 6) is 9.49. The molecule has 0 aromatic rings. The van der Waals surface area contributed by atoms with Gasteiger partial charge in [0.2, 0.25) is 0 Å². The third kappa shape index (κ3) is 8.39. The number of rotatable bonds is 13. The fourth-order valence-electron chi connectivity index (χ4n) is 10.8. The largest absolute Gasteiger partial charge is 0.412 e. The molecule has 0 spiro atoms. The molecule has 39 heavy (non-hydrogen) atoms. The molecular formula is C30H54Cl2N4OS2. The fraction of sp³-hybridized carbons (Fsp3) is 0.933. The van der Waals surface area contributed by atoms with E-state index < -0.39 is 0 Å². The van der Waals surface area contributed by atoms with E-state index in [-0.39, 0.29) is 30.3 Å². The minimum Gasteiger partial charge on any atom is -0.412 e. The van der Waals surface area contributed by atoms with Crippen LogP contribution in [0.4, 0.5) is 0 Å². The highest BCUT2D eigenvalue weighted by Crippen LogP contribution is 2.62. The van der Waals surface area contributed by atoms with Crippen molar-refractivity contribution in [1.29, 1.82) is 0 Å². The molecule has 8 bridgehead atoms. The van der Waals surface area contributed by atoms with E-state index in [0.717, 1.165) is 71.8 Å². The van der Waals surface area contributed by atoms with Crippen LogP contribution in [-0.2, 0) is 0 Å². The van der Waals surface area contributed by atoms with Crippen LogP contribution in [-0.4, -0.2) is 41.7 Å². The molecular weight excluding hydrogens is 567 g/mol. The molecule has 9 heteroatoms. The van der Waals surface area contributed by atoms with Gasteiger partial charge in [-0.2, -0.15) is 0 Å². The lowest BCUT2D eigenvalue weighted by molar-refractivity contribution is -0.0578. The minimum absolute atomic E-state index is 0. The molecule has 5 nitrogen and oxygen atoms in total. The maximum atomic E-state index is 6.21. The zero-order valence-electron chi connectivity index (χ0n) is 23.8. The first kappa shape index (κ1) is 33.7. The molecule has 0 amide bonds. The van der Waals surface area contributed by atoms with Gasteiger partial charge in [0.05, 0.1) is 11.5 Å². The number of halogens is 2. The molecule has 8 rings (SSSR count). The number of nitrogens with zero attached hydrogens (tertiary/aromatic N) is 2. The van der Waals surface area contributed by atoms with Crippen LogP contribution < -0.4 is 11.5 Å². The monoisotopic (exact) mass is 620 g/mol. The zero-order chi connectivity index (χ0) is 24.6. The predicted octanol–water partition coefficient (Wildman–Crippen LogP) is 7.09.